The zero-order chi connectivity index (χ0) is 15.3. The van der Waals surface area contributed by atoms with Gasteiger partial charge in [-0.3, -0.25) is 9.59 Å². The summed E-state index contributed by atoms with van der Waals surface area (Å²) >= 11 is 0. The van der Waals surface area contributed by atoms with Crippen molar-refractivity contribution in [1.29, 1.82) is 0 Å². The van der Waals surface area contributed by atoms with Gasteiger partial charge in [-0.1, -0.05) is 0 Å². The van der Waals surface area contributed by atoms with E-state index in [-0.39, 0.29) is 43.5 Å². The molecule has 0 aromatic carbocycles. The molecule has 0 saturated heterocycles. The number of hydrogen-bond acceptors (Lipinski definition) is 3. The zero-order valence-electron chi connectivity index (χ0n) is 12.3. The summed E-state index contributed by atoms with van der Waals surface area (Å²) in [6.45, 7) is 3.77. The van der Waals surface area contributed by atoms with Gasteiger partial charge >= 0.3 is 12.0 Å². The second kappa shape index (κ2) is 7.12. The molecule has 7 nitrogen and oxygen atoms in total. The van der Waals surface area contributed by atoms with Crippen molar-refractivity contribution in [3.8, 4) is 0 Å². The van der Waals surface area contributed by atoms with Crippen LogP contribution in [-0.2, 0) is 9.59 Å². The maximum atomic E-state index is 12.2. The molecule has 0 atom stereocenters. The summed E-state index contributed by atoms with van der Waals surface area (Å²) < 4.78 is 0. The van der Waals surface area contributed by atoms with Gasteiger partial charge in [0.05, 0.1) is 6.42 Å². The molecule has 0 unspecified atom stereocenters. The fourth-order valence-corrected chi connectivity index (χ4v) is 1.79. The Morgan fingerprint density at radius 2 is 1.90 bits per heavy atom. The molecule has 1 fully saturated rings. The molecule has 3 amide bonds. The summed E-state index contributed by atoms with van der Waals surface area (Å²) in [4.78, 5) is 37.2. The van der Waals surface area contributed by atoms with Crippen molar-refractivity contribution in [2.45, 2.75) is 45.2 Å². The Hall–Kier alpha value is -1.79. The van der Waals surface area contributed by atoms with E-state index in [1.807, 2.05) is 13.8 Å². The average molecular weight is 285 g/mol. The van der Waals surface area contributed by atoms with Crippen LogP contribution in [0.15, 0.2) is 0 Å². The number of carboxylic acids is 1. The van der Waals surface area contributed by atoms with Crippen molar-refractivity contribution >= 4 is 17.9 Å². The molecule has 0 aliphatic heterocycles. The summed E-state index contributed by atoms with van der Waals surface area (Å²) in [5.74, 6) is -1.12. The minimum Gasteiger partial charge on any atom is -0.481 e. The Kier molecular flexibility index (Phi) is 5.79. The molecule has 2 N–H and O–H groups in total. The van der Waals surface area contributed by atoms with Crippen LogP contribution in [0.5, 0.6) is 0 Å². The topological polar surface area (TPSA) is 90.0 Å². The van der Waals surface area contributed by atoms with E-state index in [0.717, 1.165) is 12.8 Å². The van der Waals surface area contributed by atoms with Crippen LogP contribution < -0.4 is 5.32 Å². The monoisotopic (exact) mass is 285 g/mol. The first-order valence-corrected chi connectivity index (χ1v) is 6.84. The van der Waals surface area contributed by atoms with Gasteiger partial charge in [0.25, 0.3) is 0 Å². The van der Waals surface area contributed by atoms with Crippen LogP contribution in [0.3, 0.4) is 0 Å². The Morgan fingerprint density at radius 3 is 2.35 bits per heavy atom. The number of aliphatic carboxylic acids is 1. The number of likely N-dealkylation sites (N-methyl/N-ethyl adjacent to an activating group) is 1. The molecule has 7 heteroatoms. The molecule has 1 aliphatic carbocycles. The van der Waals surface area contributed by atoms with Crippen molar-refractivity contribution in [3.05, 3.63) is 0 Å². The Balaban J connectivity index is 2.48. The van der Waals surface area contributed by atoms with Gasteiger partial charge in [-0.25, -0.2) is 4.79 Å². The van der Waals surface area contributed by atoms with Gasteiger partial charge in [0.15, 0.2) is 0 Å². The number of amides is 3. The van der Waals surface area contributed by atoms with Gasteiger partial charge in [-0.15, -0.1) is 0 Å². The highest BCUT2D eigenvalue weighted by Crippen LogP contribution is 2.18. The first-order valence-electron chi connectivity index (χ1n) is 6.84. The van der Waals surface area contributed by atoms with Gasteiger partial charge in [-0.2, -0.15) is 0 Å². The van der Waals surface area contributed by atoms with Crippen LogP contribution in [0.4, 0.5) is 4.79 Å². The van der Waals surface area contributed by atoms with Crippen molar-refractivity contribution in [3.63, 3.8) is 0 Å². The molecular formula is C13H23N3O4. The zero-order valence-corrected chi connectivity index (χ0v) is 12.3. The first kappa shape index (κ1) is 16.3. The third-order valence-electron chi connectivity index (χ3n) is 3.09. The number of nitrogens with zero attached hydrogens (tertiary/aromatic N) is 2. The van der Waals surface area contributed by atoms with Crippen LogP contribution in [-0.4, -0.2) is 65.0 Å². The highest BCUT2D eigenvalue weighted by Gasteiger charge is 2.26. The van der Waals surface area contributed by atoms with E-state index < -0.39 is 5.97 Å². The number of carbonyl (C=O) groups is 3. The second-order valence-corrected chi connectivity index (χ2v) is 5.41. The third-order valence-corrected chi connectivity index (χ3v) is 3.09. The van der Waals surface area contributed by atoms with Crippen LogP contribution in [0.2, 0.25) is 0 Å². The number of hydrogen-bond donors (Lipinski definition) is 2. The second-order valence-electron chi connectivity index (χ2n) is 5.41. The van der Waals surface area contributed by atoms with E-state index in [1.165, 1.54) is 9.80 Å². The number of carbonyl (C=O) groups excluding carboxylic acids is 2. The van der Waals surface area contributed by atoms with E-state index in [4.69, 9.17) is 5.11 Å². The number of rotatable bonds is 7. The Morgan fingerprint density at radius 1 is 1.30 bits per heavy atom. The molecule has 1 saturated carbocycles. The van der Waals surface area contributed by atoms with Gasteiger partial charge in [0, 0.05) is 25.7 Å². The van der Waals surface area contributed by atoms with Crippen LogP contribution >= 0.6 is 0 Å². The molecule has 0 radical (unpaired) electrons. The SMILES string of the molecule is CC(C)N(CCC(=O)O)C(=O)N(C)CC(=O)NC1CC1. The summed E-state index contributed by atoms with van der Waals surface area (Å²) in [6.07, 6.45) is 1.90. The molecule has 0 bridgehead atoms. The minimum atomic E-state index is -0.947. The average Bonchev–Trinajstić information content (AvgIpc) is 3.11. The fraction of sp³-hybridized carbons (Fsp3) is 0.769. The predicted molar refractivity (Wildman–Crippen MR) is 73.3 cm³/mol. The van der Waals surface area contributed by atoms with Gasteiger partial charge in [0.1, 0.15) is 6.54 Å². The summed E-state index contributed by atoms with van der Waals surface area (Å²) in [5, 5.41) is 11.5. The first-order chi connectivity index (χ1) is 9.31. The van der Waals surface area contributed by atoms with Crippen LogP contribution in [0, 0.1) is 0 Å². The van der Waals surface area contributed by atoms with E-state index in [1.54, 1.807) is 7.05 Å². The quantitative estimate of drug-likeness (QED) is 0.713. The summed E-state index contributed by atoms with van der Waals surface area (Å²) in [7, 11) is 1.55. The lowest BCUT2D eigenvalue weighted by molar-refractivity contribution is -0.137. The lowest BCUT2D eigenvalue weighted by Crippen LogP contribution is -2.48. The molecule has 0 heterocycles. The summed E-state index contributed by atoms with van der Waals surface area (Å²) in [5.41, 5.74) is 0. The smallest absolute Gasteiger partial charge is 0.320 e. The van der Waals surface area contributed by atoms with Crippen molar-refractivity contribution in [1.82, 2.24) is 15.1 Å². The van der Waals surface area contributed by atoms with Crippen molar-refractivity contribution in [2.75, 3.05) is 20.1 Å². The molecule has 0 spiro atoms. The molecular weight excluding hydrogens is 262 g/mol. The van der Waals surface area contributed by atoms with Gasteiger partial charge in [-0.05, 0) is 26.7 Å². The summed E-state index contributed by atoms with van der Waals surface area (Å²) in [6, 6.07) is -0.179. The maximum absolute atomic E-state index is 12.2. The molecule has 114 valence electrons. The van der Waals surface area contributed by atoms with E-state index >= 15 is 0 Å². The number of nitrogens with one attached hydrogen (secondary N) is 1. The highest BCUT2D eigenvalue weighted by molar-refractivity contribution is 5.84. The van der Waals surface area contributed by atoms with Gasteiger partial charge in [0.2, 0.25) is 5.91 Å². The lowest BCUT2D eigenvalue weighted by Gasteiger charge is -2.30. The molecule has 1 aliphatic rings. The largest absolute Gasteiger partial charge is 0.481 e. The molecule has 1 rings (SSSR count). The van der Waals surface area contributed by atoms with Gasteiger partial charge < -0.3 is 20.2 Å². The van der Waals surface area contributed by atoms with Crippen molar-refractivity contribution in [2.24, 2.45) is 0 Å². The van der Waals surface area contributed by atoms with E-state index in [9.17, 15) is 14.4 Å². The molecule has 0 aromatic heterocycles. The van der Waals surface area contributed by atoms with Crippen LogP contribution in [0.1, 0.15) is 33.1 Å². The predicted octanol–water partition coefficient (Wildman–Crippen LogP) is 0.502. The highest BCUT2D eigenvalue weighted by atomic mass is 16.4. The van der Waals surface area contributed by atoms with E-state index in [2.05, 4.69) is 5.32 Å². The molecule has 0 aromatic rings. The number of carboxylic acid groups (broad SMARTS) is 1. The maximum Gasteiger partial charge on any atom is 0.320 e. The number of urea groups is 1. The molecule has 20 heavy (non-hydrogen) atoms. The van der Waals surface area contributed by atoms with Crippen molar-refractivity contribution < 1.29 is 19.5 Å². The lowest BCUT2D eigenvalue weighted by atomic mass is 10.3. The Bertz CT molecular complexity index is 380. The van der Waals surface area contributed by atoms with E-state index in [0.29, 0.717) is 0 Å². The Labute approximate surface area is 118 Å². The normalized spacial score (nSPS) is 14.0. The fourth-order valence-electron chi connectivity index (χ4n) is 1.79. The standard InChI is InChI=1S/C13H23N3O4/c1-9(2)16(7-6-12(18)19)13(20)15(3)8-11(17)14-10-4-5-10/h9-10H,4-8H2,1-3H3,(H,14,17)(H,18,19). The van der Waals surface area contributed by atoms with Crippen LogP contribution in [0.25, 0.3) is 0 Å². The minimum absolute atomic E-state index is 0.00831. The third kappa shape index (κ3) is 5.46.